The topological polar surface area (TPSA) is 88.9 Å². The van der Waals surface area contributed by atoms with Crippen LogP contribution in [-0.2, 0) is 17.9 Å². The number of hydrogen-bond donors (Lipinski definition) is 2. The number of nitrogens with one attached hydrogen (secondary N) is 2. The summed E-state index contributed by atoms with van der Waals surface area (Å²) in [6.45, 7) is 4.48. The van der Waals surface area contributed by atoms with Crippen molar-refractivity contribution in [1.82, 2.24) is 20.1 Å². The second-order valence-electron chi connectivity index (χ2n) is 7.21. The molecule has 33 heavy (non-hydrogen) atoms. The number of carbonyl (C=O) groups excluding carboxylic acids is 2. The molecule has 3 aromatic carbocycles. The molecule has 4 aromatic rings. The van der Waals surface area contributed by atoms with Gasteiger partial charge in [0.25, 0.3) is 5.91 Å². The Hall–Kier alpha value is -3.91. The zero-order valence-electron chi connectivity index (χ0n) is 17.9. The number of fused-ring (bicyclic) bond motifs is 1. The monoisotopic (exact) mass is 457 g/mol. The summed E-state index contributed by atoms with van der Waals surface area (Å²) < 4.78 is 1.84. The van der Waals surface area contributed by atoms with Crippen LogP contribution in [0.25, 0.3) is 10.8 Å². The van der Waals surface area contributed by atoms with Crippen molar-refractivity contribution in [3.8, 4) is 0 Å². The number of thioether (sulfide) groups is 1. The Morgan fingerprint density at radius 2 is 1.73 bits per heavy atom. The number of nitrogens with zero attached hydrogens (tertiary/aromatic N) is 3. The van der Waals surface area contributed by atoms with Crippen molar-refractivity contribution in [1.29, 1.82) is 0 Å². The molecule has 2 amide bonds. The molecule has 0 spiro atoms. The second-order valence-corrected chi connectivity index (χ2v) is 8.15. The summed E-state index contributed by atoms with van der Waals surface area (Å²) in [4.78, 5) is 24.9. The van der Waals surface area contributed by atoms with Crippen molar-refractivity contribution >= 4 is 40.0 Å². The molecule has 0 unspecified atom stereocenters. The Bertz CT molecular complexity index is 1280. The highest BCUT2D eigenvalue weighted by Crippen LogP contribution is 2.24. The molecule has 0 radical (unpaired) electrons. The number of allylic oxidation sites excluding steroid dienone is 1. The molecule has 7 nitrogen and oxygen atoms in total. The summed E-state index contributed by atoms with van der Waals surface area (Å²) in [7, 11) is 0. The van der Waals surface area contributed by atoms with Gasteiger partial charge in [0.1, 0.15) is 0 Å². The van der Waals surface area contributed by atoms with Gasteiger partial charge in [0.2, 0.25) is 5.91 Å². The fourth-order valence-corrected chi connectivity index (χ4v) is 4.14. The number of rotatable bonds is 9. The second kappa shape index (κ2) is 10.6. The van der Waals surface area contributed by atoms with Crippen molar-refractivity contribution < 1.29 is 9.59 Å². The molecule has 166 valence electrons. The first kappa shape index (κ1) is 22.3. The predicted molar refractivity (Wildman–Crippen MR) is 131 cm³/mol. The van der Waals surface area contributed by atoms with E-state index in [4.69, 9.17) is 0 Å². The van der Waals surface area contributed by atoms with Crippen molar-refractivity contribution in [2.45, 2.75) is 18.2 Å². The molecule has 0 aliphatic heterocycles. The summed E-state index contributed by atoms with van der Waals surface area (Å²) in [6.07, 6.45) is 1.73. The molecule has 0 bridgehead atoms. The van der Waals surface area contributed by atoms with E-state index in [1.54, 1.807) is 18.2 Å². The Balaban J connectivity index is 1.39. The lowest BCUT2D eigenvalue weighted by Crippen LogP contribution is -2.24. The Morgan fingerprint density at radius 1 is 0.970 bits per heavy atom. The van der Waals surface area contributed by atoms with Crippen LogP contribution in [-0.4, -0.2) is 32.3 Å². The first-order chi connectivity index (χ1) is 16.2. The van der Waals surface area contributed by atoms with Gasteiger partial charge in [0, 0.05) is 23.2 Å². The highest BCUT2D eigenvalue weighted by molar-refractivity contribution is 7.99. The maximum absolute atomic E-state index is 12.6. The van der Waals surface area contributed by atoms with Crippen LogP contribution in [0.4, 0.5) is 5.69 Å². The molecule has 0 aliphatic rings. The van der Waals surface area contributed by atoms with Crippen molar-refractivity contribution in [3.05, 3.63) is 96.8 Å². The maximum atomic E-state index is 12.6. The minimum Gasteiger partial charge on any atom is -0.345 e. The Kier molecular flexibility index (Phi) is 7.16. The molecule has 0 fully saturated rings. The fraction of sp³-hybridized carbons (Fsp3) is 0.120. The van der Waals surface area contributed by atoms with Crippen LogP contribution in [0.2, 0.25) is 0 Å². The number of amides is 2. The lowest BCUT2D eigenvalue weighted by molar-refractivity contribution is -0.113. The lowest BCUT2D eigenvalue weighted by Gasteiger charge is -2.10. The molecule has 8 heteroatoms. The van der Waals surface area contributed by atoms with Gasteiger partial charge >= 0.3 is 0 Å². The summed E-state index contributed by atoms with van der Waals surface area (Å²) in [5.74, 6) is 0.446. The third-order valence-corrected chi connectivity index (χ3v) is 5.91. The van der Waals surface area contributed by atoms with Gasteiger partial charge in [-0.15, -0.1) is 16.8 Å². The van der Waals surface area contributed by atoms with E-state index in [9.17, 15) is 9.59 Å². The van der Waals surface area contributed by atoms with Gasteiger partial charge < -0.3 is 15.2 Å². The van der Waals surface area contributed by atoms with E-state index in [1.165, 1.54) is 11.8 Å². The first-order valence-corrected chi connectivity index (χ1v) is 11.4. The van der Waals surface area contributed by atoms with E-state index in [0.29, 0.717) is 23.1 Å². The Labute approximate surface area is 195 Å². The Morgan fingerprint density at radius 3 is 2.55 bits per heavy atom. The van der Waals surface area contributed by atoms with Crippen LogP contribution < -0.4 is 10.6 Å². The van der Waals surface area contributed by atoms with Crippen LogP contribution in [0.5, 0.6) is 0 Å². The minimum atomic E-state index is -0.188. The number of aromatic nitrogens is 3. The van der Waals surface area contributed by atoms with Crippen LogP contribution in [0.3, 0.4) is 0 Å². The predicted octanol–water partition coefficient (Wildman–Crippen LogP) is 4.28. The van der Waals surface area contributed by atoms with Crippen LogP contribution in [0.15, 0.2) is 90.6 Å². The fourth-order valence-electron chi connectivity index (χ4n) is 3.37. The standard InChI is InChI=1S/C25H23N5O2S/c1-2-15-30-22(16-26-24(32)19-10-4-3-5-11-19)28-29-25(30)33-17-23(31)27-21-14-8-12-18-9-6-7-13-20(18)21/h2-14H,1,15-17H2,(H,26,32)(H,27,31). The van der Waals surface area contributed by atoms with Crippen LogP contribution in [0.1, 0.15) is 16.2 Å². The molecule has 0 atom stereocenters. The zero-order valence-corrected chi connectivity index (χ0v) is 18.7. The molecule has 0 saturated carbocycles. The van der Waals surface area contributed by atoms with Crippen molar-refractivity contribution in [2.75, 3.05) is 11.1 Å². The molecule has 0 aliphatic carbocycles. The van der Waals surface area contributed by atoms with Crippen LogP contribution in [0, 0.1) is 0 Å². The number of benzene rings is 3. The zero-order chi connectivity index (χ0) is 23.0. The van der Waals surface area contributed by atoms with Gasteiger partial charge in [-0.1, -0.05) is 72.4 Å². The van der Waals surface area contributed by atoms with E-state index in [2.05, 4.69) is 27.4 Å². The van der Waals surface area contributed by atoms with Crippen molar-refractivity contribution in [3.63, 3.8) is 0 Å². The van der Waals surface area contributed by atoms with E-state index in [0.717, 1.165) is 16.5 Å². The maximum Gasteiger partial charge on any atom is 0.251 e. The quantitative estimate of drug-likeness (QED) is 0.289. The molecule has 4 rings (SSSR count). The van der Waals surface area contributed by atoms with E-state index >= 15 is 0 Å². The normalized spacial score (nSPS) is 10.7. The smallest absolute Gasteiger partial charge is 0.251 e. The van der Waals surface area contributed by atoms with Gasteiger partial charge in [0.15, 0.2) is 11.0 Å². The van der Waals surface area contributed by atoms with Gasteiger partial charge in [-0.25, -0.2) is 0 Å². The van der Waals surface area contributed by atoms with Crippen molar-refractivity contribution in [2.24, 2.45) is 0 Å². The summed E-state index contributed by atoms with van der Waals surface area (Å²) in [5, 5.41) is 16.9. The third-order valence-electron chi connectivity index (χ3n) is 4.94. The molecule has 1 heterocycles. The molecule has 2 N–H and O–H groups in total. The van der Waals surface area contributed by atoms with E-state index in [1.807, 2.05) is 65.2 Å². The summed E-state index contributed by atoms with van der Waals surface area (Å²) >= 11 is 1.29. The van der Waals surface area contributed by atoms with E-state index in [-0.39, 0.29) is 24.1 Å². The van der Waals surface area contributed by atoms with E-state index < -0.39 is 0 Å². The third kappa shape index (κ3) is 5.48. The van der Waals surface area contributed by atoms with Gasteiger partial charge in [-0.05, 0) is 23.6 Å². The molecule has 0 saturated heterocycles. The molecular formula is C25H23N5O2S. The van der Waals surface area contributed by atoms with Gasteiger partial charge in [-0.3, -0.25) is 9.59 Å². The van der Waals surface area contributed by atoms with Gasteiger partial charge in [0.05, 0.1) is 12.3 Å². The summed E-state index contributed by atoms with van der Waals surface area (Å²) in [5.41, 5.74) is 1.35. The van der Waals surface area contributed by atoms with Crippen LogP contribution >= 0.6 is 11.8 Å². The number of anilines is 1. The first-order valence-electron chi connectivity index (χ1n) is 10.4. The molecular weight excluding hydrogens is 434 g/mol. The highest BCUT2D eigenvalue weighted by atomic mass is 32.2. The average molecular weight is 458 g/mol. The number of hydrogen-bond acceptors (Lipinski definition) is 5. The lowest BCUT2D eigenvalue weighted by atomic mass is 10.1. The number of carbonyl (C=O) groups is 2. The average Bonchev–Trinajstić information content (AvgIpc) is 3.23. The molecule has 1 aromatic heterocycles. The summed E-state index contributed by atoms with van der Waals surface area (Å²) in [6, 6.07) is 22.7. The van der Waals surface area contributed by atoms with Gasteiger partial charge in [-0.2, -0.15) is 0 Å². The largest absolute Gasteiger partial charge is 0.345 e. The highest BCUT2D eigenvalue weighted by Gasteiger charge is 2.15. The SMILES string of the molecule is C=CCn1c(CNC(=O)c2ccccc2)nnc1SCC(=O)Nc1cccc2ccccc12. The minimum absolute atomic E-state index is 0.136.